The highest BCUT2D eigenvalue weighted by molar-refractivity contribution is 6.31. The molecule has 1 saturated carbocycles. The second-order valence-corrected chi connectivity index (χ2v) is 9.75. The van der Waals surface area contributed by atoms with Gasteiger partial charge in [-0.3, -0.25) is 4.79 Å². The molecule has 2 heterocycles. The lowest BCUT2D eigenvalue weighted by atomic mass is 9.90. The lowest BCUT2D eigenvalue weighted by molar-refractivity contribution is -0.140. The molecule has 190 valence electrons. The van der Waals surface area contributed by atoms with Crippen molar-refractivity contribution in [3.05, 3.63) is 64.6 Å². The number of hydrogen-bond acceptors (Lipinski definition) is 4. The summed E-state index contributed by atoms with van der Waals surface area (Å²) in [5.41, 5.74) is 0.351. The normalized spacial score (nSPS) is 22.0. The number of fused-ring (bicyclic) bond motifs is 2. The monoisotopic (exact) mass is 521 g/mol. The predicted octanol–water partition coefficient (Wildman–Crippen LogP) is 6.28. The molecular formula is C26H24ClF4N3O2. The Balaban J connectivity index is 1.21. The Hall–Kier alpha value is -3.07. The van der Waals surface area contributed by atoms with Crippen LogP contribution in [0.3, 0.4) is 0 Å². The van der Waals surface area contributed by atoms with Crippen molar-refractivity contribution in [3.63, 3.8) is 0 Å². The van der Waals surface area contributed by atoms with E-state index in [9.17, 15) is 22.4 Å². The molecule has 1 unspecified atom stereocenters. The Labute approximate surface area is 210 Å². The average Bonchev–Trinajstić information content (AvgIpc) is 2.84. The van der Waals surface area contributed by atoms with Crippen LogP contribution in [0.2, 0.25) is 5.02 Å². The maximum absolute atomic E-state index is 13.4. The number of pyridine rings is 1. The fourth-order valence-corrected chi connectivity index (χ4v) is 5.07. The zero-order valence-electron chi connectivity index (χ0n) is 19.2. The third-order valence-corrected chi connectivity index (χ3v) is 6.99. The van der Waals surface area contributed by atoms with Gasteiger partial charge in [0.05, 0.1) is 5.52 Å². The third-order valence-electron chi connectivity index (χ3n) is 6.75. The number of carbonyl (C=O) groups is 1. The quantitative estimate of drug-likeness (QED) is 0.397. The smallest absolute Gasteiger partial charge is 0.433 e. The summed E-state index contributed by atoms with van der Waals surface area (Å²) >= 11 is 6.08. The zero-order valence-corrected chi connectivity index (χ0v) is 19.9. The Morgan fingerprint density at radius 3 is 2.50 bits per heavy atom. The van der Waals surface area contributed by atoms with E-state index < -0.39 is 18.0 Å². The molecule has 1 aliphatic heterocycles. The fourth-order valence-electron chi connectivity index (χ4n) is 4.90. The maximum Gasteiger partial charge on any atom is 0.433 e. The molecule has 0 spiro atoms. The Bertz CT molecular complexity index is 1290. The van der Waals surface area contributed by atoms with E-state index in [1.54, 1.807) is 12.1 Å². The van der Waals surface area contributed by atoms with Crippen LogP contribution >= 0.6 is 11.6 Å². The van der Waals surface area contributed by atoms with Gasteiger partial charge in [-0.2, -0.15) is 13.2 Å². The number of halogens is 5. The van der Waals surface area contributed by atoms with Crippen LogP contribution in [-0.2, 0) is 17.4 Å². The number of carbonyl (C=O) groups excluding carboxylic acids is 1. The van der Waals surface area contributed by atoms with E-state index in [1.807, 2.05) is 0 Å². The van der Waals surface area contributed by atoms with Crippen molar-refractivity contribution >= 4 is 34.1 Å². The Kier molecular flexibility index (Phi) is 6.68. The van der Waals surface area contributed by atoms with Gasteiger partial charge in [0, 0.05) is 28.2 Å². The lowest BCUT2D eigenvalue weighted by Crippen LogP contribution is -2.47. The van der Waals surface area contributed by atoms with Crippen molar-refractivity contribution < 1.29 is 27.1 Å². The number of benzene rings is 2. The van der Waals surface area contributed by atoms with Gasteiger partial charge in [-0.1, -0.05) is 11.6 Å². The molecule has 1 fully saturated rings. The third kappa shape index (κ3) is 5.36. The molecule has 1 aliphatic carbocycles. The topological polar surface area (TPSA) is 63.2 Å². The summed E-state index contributed by atoms with van der Waals surface area (Å²) in [6, 6.07) is 9.79. The molecule has 2 aliphatic rings. The molecule has 2 N–H and O–H groups in total. The first-order valence-corrected chi connectivity index (χ1v) is 12.2. The van der Waals surface area contributed by atoms with Crippen molar-refractivity contribution in [2.45, 2.75) is 62.9 Å². The zero-order chi connectivity index (χ0) is 25.4. The SMILES string of the molecule is O=C(N[C@H]1CC[C@@H](Nc2cc(C(F)(F)F)nc3ccc(Cl)cc23)CC1)C1CCc2cc(F)ccc2O1. The van der Waals surface area contributed by atoms with Gasteiger partial charge in [-0.15, -0.1) is 0 Å². The molecule has 5 rings (SSSR count). The van der Waals surface area contributed by atoms with Gasteiger partial charge < -0.3 is 15.4 Å². The van der Waals surface area contributed by atoms with Crippen LogP contribution in [0.15, 0.2) is 42.5 Å². The van der Waals surface area contributed by atoms with Gasteiger partial charge in [0.1, 0.15) is 17.3 Å². The van der Waals surface area contributed by atoms with E-state index in [0.29, 0.717) is 60.4 Å². The molecule has 36 heavy (non-hydrogen) atoms. The van der Waals surface area contributed by atoms with Crippen LogP contribution in [0.4, 0.5) is 23.2 Å². The van der Waals surface area contributed by atoms with E-state index in [0.717, 1.165) is 11.6 Å². The number of aryl methyl sites for hydroxylation is 1. The second-order valence-electron chi connectivity index (χ2n) is 9.31. The van der Waals surface area contributed by atoms with Crippen molar-refractivity contribution in [2.24, 2.45) is 0 Å². The molecule has 10 heteroatoms. The van der Waals surface area contributed by atoms with Gasteiger partial charge in [-0.25, -0.2) is 9.37 Å². The number of nitrogens with zero attached hydrogens (tertiary/aromatic N) is 1. The molecule has 0 radical (unpaired) electrons. The van der Waals surface area contributed by atoms with E-state index >= 15 is 0 Å². The van der Waals surface area contributed by atoms with Crippen LogP contribution in [0, 0.1) is 5.82 Å². The summed E-state index contributed by atoms with van der Waals surface area (Å²) in [7, 11) is 0. The number of ether oxygens (including phenoxy) is 1. The summed E-state index contributed by atoms with van der Waals surface area (Å²) < 4.78 is 59.4. The van der Waals surface area contributed by atoms with E-state index in [1.165, 1.54) is 24.3 Å². The first-order chi connectivity index (χ1) is 17.2. The van der Waals surface area contributed by atoms with Crippen LogP contribution in [0.25, 0.3) is 10.9 Å². The number of anilines is 1. The molecule has 1 amide bonds. The van der Waals surface area contributed by atoms with E-state index in [2.05, 4.69) is 15.6 Å². The standard InChI is InChI=1S/C26H24ClF4N3O2/c27-15-2-8-20-19(12-15)21(13-24(34-20)26(29,30)31)32-17-4-6-18(7-5-17)33-25(35)23-9-1-14-11-16(28)3-10-22(14)36-23/h2-3,8,10-13,17-18,23H,1,4-7,9H2,(H,32,34)(H,33,35)/t17-,18+,23?. The predicted molar refractivity (Wildman–Crippen MR) is 129 cm³/mol. The summed E-state index contributed by atoms with van der Waals surface area (Å²) in [4.78, 5) is 16.5. The maximum atomic E-state index is 13.4. The minimum atomic E-state index is -4.57. The van der Waals surface area contributed by atoms with Crippen molar-refractivity contribution in [1.82, 2.24) is 10.3 Å². The van der Waals surface area contributed by atoms with Crippen LogP contribution in [-0.4, -0.2) is 29.1 Å². The number of amides is 1. The summed E-state index contributed by atoms with van der Waals surface area (Å²) in [5.74, 6) is -0.00676. The number of alkyl halides is 3. The molecule has 0 bridgehead atoms. The lowest BCUT2D eigenvalue weighted by Gasteiger charge is -2.32. The van der Waals surface area contributed by atoms with Crippen molar-refractivity contribution in [1.29, 1.82) is 0 Å². The van der Waals surface area contributed by atoms with E-state index in [-0.39, 0.29) is 29.3 Å². The number of hydrogen-bond donors (Lipinski definition) is 2. The Morgan fingerprint density at radius 1 is 1.00 bits per heavy atom. The van der Waals surface area contributed by atoms with Gasteiger partial charge in [0.15, 0.2) is 6.10 Å². The highest BCUT2D eigenvalue weighted by atomic mass is 35.5. The molecule has 1 atom stereocenters. The van der Waals surface area contributed by atoms with E-state index in [4.69, 9.17) is 16.3 Å². The minimum Gasteiger partial charge on any atom is -0.480 e. The molecule has 2 aromatic carbocycles. The largest absolute Gasteiger partial charge is 0.480 e. The van der Waals surface area contributed by atoms with Gasteiger partial charge in [-0.05, 0) is 86.6 Å². The highest BCUT2D eigenvalue weighted by Crippen LogP contribution is 2.35. The van der Waals surface area contributed by atoms with Crippen LogP contribution < -0.4 is 15.4 Å². The summed E-state index contributed by atoms with van der Waals surface area (Å²) in [5, 5.41) is 7.23. The fraction of sp³-hybridized carbons (Fsp3) is 0.385. The second kappa shape index (κ2) is 9.76. The summed E-state index contributed by atoms with van der Waals surface area (Å²) in [6.45, 7) is 0. The highest BCUT2D eigenvalue weighted by Gasteiger charge is 2.34. The summed E-state index contributed by atoms with van der Waals surface area (Å²) in [6.07, 6.45) is -1.48. The minimum absolute atomic E-state index is 0.0527. The number of rotatable bonds is 4. The van der Waals surface area contributed by atoms with Gasteiger partial charge in [0.2, 0.25) is 0 Å². The van der Waals surface area contributed by atoms with Crippen LogP contribution in [0.1, 0.15) is 43.4 Å². The Morgan fingerprint density at radius 2 is 1.75 bits per heavy atom. The molecule has 3 aromatic rings. The first-order valence-electron chi connectivity index (χ1n) is 11.9. The number of nitrogens with one attached hydrogen (secondary N) is 2. The number of aromatic nitrogens is 1. The van der Waals surface area contributed by atoms with Gasteiger partial charge >= 0.3 is 6.18 Å². The molecule has 1 aromatic heterocycles. The van der Waals surface area contributed by atoms with Crippen LogP contribution in [0.5, 0.6) is 5.75 Å². The van der Waals surface area contributed by atoms with Crippen molar-refractivity contribution in [2.75, 3.05) is 5.32 Å². The van der Waals surface area contributed by atoms with Gasteiger partial charge in [0.25, 0.3) is 5.91 Å². The molecule has 0 saturated heterocycles. The average molecular weight is 522 g/mol. The first kappa shape index (κ1) is 24.6. The molecular weight excluding hydrogens is 498 g/mol. The van der Waals surface area contributed by atoms with Crippen molar-refractivity contribution in [3.8, 4) is 5.75 Å². The molecule has 5 nitrogen and oxygen atoms in total.